The molecule has 0 aliphatic carbocycles. The Hall–Kier alpha value is -1.95. The molecule has 2 saturated heterocycles. The van der Waals surface area contributed by atoms with Gasteiger partial charge in [-0.05, 0) is 57.5 Å². The maximum Gasteiger partial charge on any atom is 0.212 e. The van der Waals surface area contributed by atoms with Gasteiger partial charge in [0.25, 0.3) is 0 Å². The lowest BCUT2D eigenvalue weighted by atomic mass is 10.1. The van der Waals surface area contributed by atoms with Gasteiger partial charge in [0.15, 0.2) is 5.13 Å². The number of halogens is 2. The molecule has 0 amide bonds. The maximum atomic E-state index is 14.0. The molecule has 0 bridgehead atoms. The van der Waals surface area contributed by atoms with Crippen LogP contribution in [0.4, 0.5) is 19.7 Å². The number of benzene rings is 1. The number of nitrogens with one attached hydrogen (secondary N) is 1. The lowest BCUT2D eigenvalue weighted by Gasteiger charge is -2.32. The third-order valence-electron chi connectivity index (χ3n) is 5.86. The van der Waals surface area contributed by atoms with Crippen LogP contribution in [0.15, 0.2) is 18.2 Å². The summed E-state index contributed by atoms with van der Waals surface area (Å²) < 4.78 is 42.5. The van der Waals surface area contributed by atoms with E-state index in [1.165, 1.54) is 12.5 Å². The summed E-state index contributed by atoms with van der Waals surface area (Å²) >= 11 is 0.994. The molecule has 1 atom stereocenters. The van der Waals surface area contributed by atoms with Gasteiger partial charge < -0.3 is 16.0 Å². The quantitative estimate of drug-likeness (QED) is 0.533. The van der Waals surface area contributed by atoms with Crippen molar-refractivity contribution in [3.8, 4) is 0 Å². The zero-order valence-corrected chi connectivity index (χ0v) is 19.3. The molecule has 4 rings (SSSR count). The fourth-order valence-corrected chi connectivity index (χ4v) is 6.07. The highest BCUT2D eigenvalue weighted by molar-refractivity contribution is 7.82. The molecular formula is C21H27F2N5O2S2. The highest BCUT2D eigenvalue weighted by atomic mass is 32.2. The van der Waals surface area contributed by atoms with E-state index in [0.717, 1.165) is 62.4 Å². The summed E-state index contributed by atoms with van der Waals surface area (Å²) in [6.07, 6.45) is 3.78. The van der Waals surface area contributed by atoms with Crippen molar-refractivity contribution in [1.82, 2.24) is 14.2 Å². The first-order valence-electron chi connectivity index (χ1n) is 10.8. The third kappa shape index (κ3) is 5.33. The molecule has 32 heavy (non-hydrogen) atoms. The highest BCUT2D eigenvalue weighted by Gasteiger charge is 2.27. The number of carbonyl (C=O) groups excluding carboxylic acids is 1. The highest BCUT2D eigenvalue weighted by Crippen LogP contribution is 2.30. The Kier molecular flexibility index (Phi) is 7.49. The molecule has 0 saturated carbocycles. The van der Waals surface area contributed by atoms with Gasteiger partial charge in [-0.2, -0.15) is 0 Å². The van der Waals surface area contributed by atoms with Crippen LogP contribution in [0.5, 0.6) is 0 Å². The Morgan fingerprint density at radius 3 is 2.53 bits per heavy atom. The monoisotopic (exact) mass is 483 g/mol. The number of likely N-dealkylation sites (tertiary alicyclic amines) is 1. The summed E-state index contributed by atoms with van der Waals surface area (Å²) in [6, 6.07) is 3.38. The summed E-state index contributed by atoms with van der Waals surface area (Å²) in [7, 11) is -0.964. The molecule has 2 aromatic rings. The second-order valence-corrected chi connectivity index (χ2v) is 10.6. The molecule has 2 fully saturated rings. The number of thiazole rings is 1. The van der Waals surface area contributed by atoms with Crippen molar-refractivity contribution < 1.29 is 17.8 Å². The fraction of sp³-hybridized carbons (Fsp3) is 0.524. The van der Waals surface area contributed by atoms with Crippen LogP contribution in [0, 0.1) is 11.6 Å². The van der Waals surface area contributed by atoms with Crippen molar-refractivity contribution in [3.63, 3.8) is 0 Å². The van der Waals surface area contributed by atoms with Gasteiger partial charge in [0, 0.05) is 24.9 Å². The van der Waals surface area contributed by atoms with E-state index in [4.69, 9.17) is 5.73 Å². The summed E-state index contributed by atoms with van der Waals surface area (Å²) in [5, 5.41) is 3.71. The fourth-order valence-electron chi connectivity index (χ4n) is 3.91. The Balaban J connectivity index is 1.29. The molecule has 3 heterocycles. The van der Waals surface area contributed by atoms with E-state index in [9.17, 15) is 17.8 Å². The minimum Gasteiger partial charge on any atom is -0.382 e. The first-order valence-corrected chi connectivity index (χ1v) is 12.9. The molecule has 7 nitrogen and oxygen atoms in total. The molecule has 1 unspecified atom stereocenters. The van der Waals surface area contributed by atoms with E-state index >= 15 is 0 Å². The normalized spacial score (nSPS) is 18.9. The largest absolute Gasteiger partial charge is 0.382 e. The number of nitrogens with zero attached hydrogens (tertiary/aromatic N) is 3. The van der Waals surface area contributed by atoms with Crippen LogP contribution in [0.25, 0.3) is 0 Å². The number of rotatable bonds is 9. The first kappa shape index (κ1) is 23.2. The maximum absolute atomic E-state index is 14.0. The molecule has 3 N–H and O–H groups in total. The molecule has 2 aliphatic rings. The smallest absolute Gasteiger partial charge is 0.212 e. The zero-order valence-electron chi connectivity index (χ0n) is 17.7. The third-order valence-corrected chi connectivity index (χ3v) is 8.44. The van der Waals surface area contributed by atoms with Crippen molar-refractivity contribution in [3.05, 3.63) is 40.3 Å². The van der Waals surface area contributed by atoms with Gasteiger partial charge in [0.2, 0.25) is 5.78 Å². The average molecular weight is 484 g/mol. The Morgan fingerprint density at radius 1 is 1.22 bits per heavy atom. The van der Waals surface area contributed by atoms with E-state index in [-0.39, 0.29) is 16.7 Å². The standard InChI is InChI=1S/C21H27F2N5O2S2/c22-15-4-1-5-16(23)17(15)18(29)19-20(24)26-21(31-19)25-14-6-11-28(12-7-14)32(30)13-3-10-27-8-2-9-27/h1,4-5,14H,2-3,6-13,24H2,(H,25,26). The van der Waals surface area contributed by atoms with Gasteiger partial charge in [-0.3, -0.25) is 4.79 Å². The van der Waals surface area contributed by atoms with E-state index in [1.54, 1.807) is 0 Å². The van der Waals surface area contributed by atoms with E-state index in [1.807, 2.05) is 4.31 Å². The Bertz CT molecular complexity index is 970. The number of anilines is 2. The molecule has 2 aliphatic heterocycles. The van der Waals surface area contributed by atoms with Gasteiger partial charge in [-0.15, -0.1) is 0 Å². The van der Waals surface area contributed by atoms with Crippen molar-refractivity contribution >= 4 is 39.1 Å². The van der Waals surface area contributed by atoms with Crippen LogP contribution >= 0.6 is 11.3 Å². The first-order chi connectivity index (χ1) is 15.4. The van der Waals surface area contributed by atoms with Crippen molar-refractivity contribution in [1.29, 1.82) is 0 Å². The molecular weight excluding hydrogens is 456 g/mol. The molecule has 174 valence electrons. The van der Waals surface area contributed by atoms with Crippen molar-refractivity contribution in [2.75, 3.05) is 49.5 Å². The Labute approximate surface area is 192 Å². The van der Waals surface area contributed by atoms with Crippen molar-refractivity contribution in [2.45, 2.75) is 31.7 Å². The van der Waals surface area contributed by atoms with Crippen LogP contribution in [0.2, 0.25) is 0 Å². The van der Waals surface area contributed by atoms with E-state index in [0.29, 0.717) is 24.0 Å². The minimum atomic E-state index is -0.964. The van der Waals surface area contributed by atoms with E-state index in [2.05, 4.69) is 15.2 Å². The number of ketones is 1. The summed E-state index contributed by atoms with van der Waals surface area (Å²) in [6.45, 7) is 4.76. The predicted octanol–water partition coefficient (Wildman–Crippen LogP) is 2.87. The SMILES string of the molecule is Nc1nc(NC2CCN(S(=O)CCCN3CCC3)CC2)sc1C(=O)c1c(F)cccc1F. The second-order valence-electron chi connectivity index (χ2n) is 8.08. The number of hydrogen-bond acceptors (Lipinski definition) is 7. The molecule has 1 aromatic heterocycles. The van der Waals surface area contributed by atoms with Crippen molar-refractivity contribution in [2.24, 2.45) is 0 Å². The number of carbonyl (C=O) groups is 1. The molecule has 0 spiro atoms. The van der Waals surface area contributed by atoms with Crippen LogP contribution in [0.1, 0.15) is 40.9 Å². The average Bonchev–Trinajstić information content (AvgIpc) is 3.10. The van der Waals surface area contributed by atoms with Gasteiger partial charge in [0.05, 0.1) is 16.5 Å². The summed E-state index contributed by atoms with van der Waals surface area (Å²) in [5.41, 5.74) is 5.24. The Morgan fingerprint density at radius 2 is 1.91 bits per heavy atom. The van der Waals surface area contributed by atoms with Gasteiger partial charge in [-0.1, -0.05) is 17.4 Å². The number of nitrogen functional groups attached to an aromatic ring is 1. The second kappa shape index (κ2) is 10.3. The van der Waals surface area contributed by atoms with E-state index < -0.39 is 34.0 Å². The minimum absolute atomic E-state index is 0.0113. The van der Waals surface area contributed by atoms with Crippen LogP contribution < -0.4 is 11.1 Å². The predicted molar refractivity (Wildman–Crippen MR) is 123 cm³/mol. The van der Waals surface area contributed by atoms with Crippen LogP contribution in [-0.2, 0) is 11.0 Å². The number of aromatic nitrogens is 1. The van der Waals surface area contributed by atoms with Crippen LogP contribution in [-0.4, -0.2) is 68.7 Å². The number of nitrogens with two attached hydrogens (primary N) is 1. The van der Waals surface area contributed by atoms with Gasteiger partial charge in [0.1, 0.15) is 22.3 Å². The zero-order chi connectivity index (χ0) is 22.7. The van der Waals surface area contributed by atoms with Crippen LogP contribution in [0.3, 0.4) is 0 Å². The molecule has 0 radical (unpaired) electrons. The number of piperidine rings is 1. The van der Waals surface area contributed by atoms with Gasteiger partial charge >= 0.3 is 0 Å². The lowest BCUT2D eigenvalue weighted by molar-refractivity contribution is 0.103. The molecule has 1 aromatic carbocycles. The summed E-state index contributed by atoms with van der Waals surface area (Å²) in [5.74, 6) is -2.03. The summed E-state index contributed by atoms with van der Waals surface area (Å²) in [4.78, 5) is 19.2. The van der Waals surface area contributed by atoms with Gasteiger partial charge in [-0.25, -0.2) is 22.3 Å². The molecule has 11 heteroatoms. The topological polar surface area (TPSA) is 91.6 Å². The number of hydrogen-bond donors (Lipinski definition) is 2. The lowest BCUT2D eigenvalue weighted by Crippen LogP contribution is -2.41.